The van der Waals surface area contributed by atoms with Crippen LogP contribution in [-0.4, -0.2) is 23.4 Å². The number of hydrogen-bond acceptors (Lipinski definition) is 5. The molecule has 136 valence electrons. The Labute approximate surface area is 151 Å². The highest BCUT2D eigenvalue weighted by Crippen LogP contribution is 2.18. The number of nitro groups is 1. The number of nitrogens with zero attached hydrogens (tertiary/aromatic N) is 1. The van der Waals surface area contributed by atoms with E-state index in [4.69, 9.17) is 4.74 Å². The number of hydrogen-bond donors (Lipinski definition) is 1. The first-order valence-corrected chi connectivity index (χ1v) is 8.27. The second kappa shape index (κ2) is 9.31. The van der Waals surface area contributed by atoms with Gasteiger partial charge in [0.2, 0.25) is 0 Å². The number of amides is 1. The van der Waals surface area contributed by atoms with Crippen LogP contribution < -0.4 is 5.32 Å². The predicted octanol–water partition coefficient (Wildman–Crippen LogP) is 3.41. The van der Waals surface area contributed by atoms with Gasteiger partial charge in [-0.3, -0.25) is 14.9 Å². The summed E-state index contributed by atoms with van der Waals surface area (Å²) < 4.78 is 4.98. The number of carbonyl (C=O) groups excluding carboxylic acids is 2. The van der Waals surface area contributed by atoms with Crippen molar-refractivity contribution >= 4 is 17.6 Å². The van der Waals surface area contributed by atoms with Gasteiger partial charge in [0.05, 0.1) is 16.5 Å². The van der Waals surface area contributed by atoms with Crippen LogP contribution >= 0.6 is 0 Å². The molecule has 0 fully saturated rings. The van der Waals surface area contributed by atoms with Crippen molar-refractivity contribution in [2.75, 3.05) is 6.61 Å². The number of rotatable bonds is 8. The normalized spacial score (nSPS) is 11.4. The third-order valence-corrected chi connectivity index (χ3v) is 3.76. The molecule has 7 nitrogen and oxygen atoms in total. The van der Waals surface area contributed by atoms with E-state index < -0.39 is 23.4 Å². The molecular formula is C19H20N2O5. The molecule has 7 heteroatoms. The van der Waals surface area contributed by atoms with E-state index in [9.17, 15) is 19.7 Å². The summed E-state index contributed by atoms with van der Waals surface area (Å²) in [5, 5.41) is 13.5. The fraction of sp³-hybridized carbons (Fsp3) is 0.263. The Bertz CT molecular complexity index is 759. The van der Waals surface area contributed by atoms with Crippen molar-refractivity contribution < 1.29 is 19.2 Å². The van der Waals surface area contributed by atoms with E-state index >= 15 is 0 Å². The van der Waals surface area contributed by atoms with E-state index in [-0.39, 0.29) is 17.3 Å². The second-order valence-electron chi connectivity index (χ2n) is 5.70. The summed E-state index contributed by atoms with van der Waals surface area (Å²) >= 11 is 0. The molecule has 1 N–H and O–H groups in total. The van der Waals surface area contributed by atoms with Crippen molar-refractivity contribution in [1.82, 2.24) is 5.32 Å². The maximum atomic E-state index is 12.1. The number of nitrogens with one attached hydrogen (secondary N) is 1. The van der Waals surface area contributed by atoms with Crippen LogP contribution in [0.25, 0.3) is 0 Å². The number of benzene rings is 2. The first kappa shape index (κ1) is 19.1. The summed E-state index contributed by atoms with van der Waals surface area (Å²) in [6.45, 7) is 1.61. The van der Waals surface area contributed by atoms with Gasteiger partial charge in [0.1, 0.15) is 0 Å². The summed E-state index contributed by atoms with van der Waals surface area (Å²) in [5.41, 5.74) is 1.02. The Morgan fingerprint density at radius 2 is 1.77 bits per heavy atom. The monoisotopic (exact) mass is 356 g/mol. The minimum Gasteiger partial charge on any atom is -0.452 e. The summed E-state index contributed by atoms with van der Waals surface area (Å²) in [6.07, 6.45) is 1.66. The largest absolute Gasteiger partial charge is 0.452 e. The van der Waals surface area contributed by atoms with Crippen LogP contribution in [0.3, 0.4) is 0 Å². The zero-order chi connectivity index (χ0) is 18.9. The van der Waals surface area contributed by atoms with Crippen LogP contribution in [0.1, 0.15) is 41.7 Å². The lowest BCUT2D eigenvalue weighted by Gasteiger charge is -2.18. The molecule has 0 saturated heterocycles. The molecule has 0 aliphatic heterocycles. The smallest absolute Gasteiger partial charge is 0.338 e. The van der Waals surface area contributed by atoms with Gasteiger partial charge in [-0.2, -0.15) is 0 Å². The maximum absolute atomic E-state index is 12.1. The van der Waals surface area contributed by atoms with Gasteiger partial charge in [-0.25, -0.2) is 4.79 Å². The van der Waals surface area contributed by atoms with E-state index in [2.05, 4.69) is 5.32 Å². The number of ether oxygens (including phenoxy) is 1. The third-order valence-electron chi connectivity index (χ3n) is 3.76. The number of non-ortho nitro benzene ring substituents is 1. The van der Waals surface area contributed by atoms with Gasteiger partial charge in [0.25, 0.3) is 11.6 Å². The Hall–Kier alpha value is -3.22. The molecule has 2 aromatic rings. The predicted molar refractivity (Wildman–Crippen MR) is 95.6 cm³/mol. The molecule has 0 unspecified atom stereocenters. The molecule has 0 aliphatic carbocycles. The van der Waals surface area contributed by atoms with Crippen LogP contribution in [-0.2, 0) is 9.53 Å². The quantitative estimate of drug-likeness (QED) is 0.444. The van der Waals surface area contributed by atoms with Crippen molar-refractivity contribution in [3.8, 4) is 0 Å². The number of esters is 1. The Kier molecular flexibility index (Phi) is 6.84. The van der Waals surface area contributed by atoms with Gasteiger partial charge in [-0.15, -0.1) is 0 Å². The van der Waals surface area contributed by atoms with E-state index in [1.807, 2.05) is 37.3 Å². The van der Waals surface area contributed by atoms with Crippen molar-refractivity contribution in [3.63, 3.8) is 0 Å². The molecule has 0 radical (unpaired) electrons. The molecule has 2 rings (SSSR count). The molecule has 1 amide bonds. The van der Waals surface area contributed by atoms with Crippen LogP contribution in [0.2, 0.25) is 0 Å². The van der Waals surface area contributed by atoms with E-state index in [0.717, 1.165) is 18.4 Å². The van der Waals surface area contributed by atoms with Gasteiger partial charge < -0.3 is 10.1 Å². The fourth-order valence-corrected chi connectivity index (χ4v) is 2.47. The van der Waals surface area contributed by atoms with E-state index in [0.29, 0.717) is 0 Å². The van der Waals surface area contributed by atoms with Gasteiger partial charge in [-0.05, 0) is 24.1 Å². The molecule has 1 atom stereocenters. The average molecular weight is 356 g/mol. The van der Waals surface area contributed by atoms with Crippen molar-refractivity contribution in [1.29, 1.82) is 0 Å². The van der Waals surface area contributed by atoms with Crippen LogP contribution in [0.5, 0.6) is 0 Å². The summed E-state index contributed by atoms with van der Waals surface area (Å²) in [4.78, 5) is 34.1. The van der Waals surface area contributed by atoms with Gasteiger partial charge in [-0.1, -0.05) is 43.7 Å². The number of nitro benzene ring substituents is 1. The lowest BCUT2D eigenvalue weighted by Crippen LogP contribution is -2.32. The average Bonchev–Trinajstić information content (AvgIpc) is 2.66. The zero-order valence-electron chi connectivity index (χ0n) is 14.4. The number of carbonyl (C=O) groups is 2. The van der Waals surface area contributed by atoms with Crippen molar-refractivity contribution in [3.05, 3.63) is 75.8 Å². The lowest BCUT2D eigenvalue weighted by atomic mass is 10.0. The third kappa shape index (κ3) is 5.41. The van der Waals surface area contributed by atoms with Crippen molar-refractivity contribution in [2.24, 2.45) is 0 Å². The molecule has 2 aromatic carbocycles. The highest BCUT2D eigenvalue weighted by Gasteiger charge is 2.16. The van der Waals surface area contributed by atoms with Crippen molar-refractivity contribution in [2.45, 2.75) is 25.8 Å². The first-order valence-electron chi connectivity index (χ1n) is 8.27. The maximum Gasteiger partial charge on any atom is 0.338 e. The topological polar surface area (TPSA) is 98.5 Å². The molecule has 0 aliphatic rings. The van der Waals surface area contributed by atoms with Gasteiger partial charge in [0, 0.05) is 12.1 Å². The minimum atomic E-state index is -0.707. The molecule has 0 bridgehead atoms. The van der Waals surface area contributed by atoms with Gasteiger partial charge >= 0.3 is 5.97 Å². The molecular weight excluding hydrogens is 336 g/mol. The molecule has 0 heterocycles. The first-order chi connectivity index (χ1) is 12.5. The second-order valence-corrected chi connectivity index (χ2v) is 5.70. The Morgan fingerprint density at radius 3 is 2.35 bits per heavy atom. The minimum absolute atomic E-state index is 0.121. The standard InChI is InChI=1S/C19H20N2O5/c1-2-6-17(14-7-4-3-5-8-14)20-18(22)13-26-19(23)15-9-11-16(12-10-15)21(24)25/h3-5,7-12,17H,2,6,13H2,1H3,(H,20,22)/t17-/m1/s1. The Morgan fingerprint density at radius 1 is 1.12 bits per heavy atom. The molecule has 0 saturated carbocycles. The summed E-state index contributed by atoms with van der Waals surface area (Å²) in [5.74, 6) is -1.11. The molecule has 26 heavy (non-hydrogen) atoms. The van der Waals surface area contributed by atoms with Gasteiger partial charge in [0.15, 0.2) is 6.61 Å². The van der Waals surface area contributed by atoms with Crippen LogP contribution in [0.15, 0.2) is 54.6 Å². The highest BCUT2D eigenvalue weighted by molar-refractivity contribution is 5.91. The fourth-order valence-electron chi connectivity index (χ4n) is 2.47. The zero-order valence-corrected chi connectivity index (χ0v) is 14.4. The SMILES string of the molecule is CCC[C@@H](NC(=O)COC(=O)c1ccc([N+](=O)[O-])cc1)c1ccccc1. The van der Waals surface area contributed by atoms with E-state index in [1.165, 1.54) is 24.3 Å². The molecule has 0 aromatic heterocycles. The van der Waals surface area contributed by atoms with E-state index in [1.54, 1.807) is 0 Å². The lowest BCUT2D eigenvalue weighted by molar-refractivity contribution is -0.384. The highest BCUT2D eigenvalue weighted by atomic mass is 16.6. The van der Waals surface area contributed by atoms with Crippen LogP contribution in [0, 0.1) is 10.1 Å². The summed E-state index contributed by atoms with van der Waals surface area (Å²) in [6, 6.07) is 14.4. The van der Waals surface area contributed by atoms with Crippen LogP contribution in [0.4, 0.5) is 5.69 Å². The molecule has 0 spiro atoms. The summed E-state index contributed by atoms with van der Waals surface area (Å²) in [7, 11) is 0. The Balaban J connectivity index is 1.90.